The summed E-state index contributed by atoms with van der Waals surface area (Å²) in [5, 5.41) is 0. The summed E-state index contributed by atoms with van der Waals surface area (Å²) in [6.07, 6.45) is 3.35. The van der Waals surface area contributed by atoms with Crippen LogP contribution in [0.15, 0.2) is 24.3 Å². The maximum absolute atomic E-state index is 13.1. The summed E-state index contributed by atoms with van der Waals surface area (Å²) in [7, 11) is 0. The number of halogens is 1. The minimum atomic E-state index is -0.192. The van der Waals surface area contributed by atoms with Crippen molar-refractivity contribution in [2.24, 2.45) is 5.73 Å². The third-order valence-corrected chi connectivity index (χ3v) is 2.94. The minimum absolute atomic E-state index is 0.165. The molecule has 2 N–H and O–H groups in total. The largest absolute Gasteiger partial charge is 0.370 e. The van der Waals surface area contributed by atoms with Gasteiger partial charge in [-0.2, -0.15) is 0 Å². The first kappa shape index (κ1) is 14.0. The van der Waals surface area contributed by atoms with E-state index in [4.69, 9.17) is 5.73 Å². The zero-order valence-electron chi connectivity index (χ0n) is 10.8. The summed E-state index contributed by atoms with van der Waals surface area (Å²) in [5.74, 6) is -0.192. The maximum Gasteiger partial charge on any atom is 0.125 e. The molecule has 1 aromatic carbocycles. The molecule has 0 radical (unpaired) electrons. The van der Waals surface area contributed by atoms with E-state index in [9.17, 15) is 4.39 Å². The fraction of sp³-hybridized carbons (Fsp3) is 0.571. The van der Waals surface area contributed by atoms with Crippen LogP contribution in [-0.2, 0) is 0 Å². The van der Waals surface area contributed by atoms with Gasteiger partial charge in [0.05, 0.1) is 0 Å². The smallest absolute Gasteiger partial charge is 0.125 e. The Morgan fingerprint density at radius 3 is 2.71 bits per heavy atom. The van der Waals surface area contributed by atoms with Crippen LogP contribution in [0.2, 0.25) is 0 Å². The first-order valence-corrected chi connectivity index (χ1v) is 6.43. The molecule has 0 saturated heterocycles. The molecule has 1 aromatic rings. The topological polar surface area (TPSA) is 29.3 Å². The van der Waals surface area contributed by atoms with Crippen LogP contribution in [0.25, 0.3) is 0 Å². The second kappa shape index (κ2) is 7.28. The number of likely N-dealkylation sites (N-methyl/N-ethyl adjacent to an activating group) is 1. The summed E-state index contributed by atoms with van der Waals surface area (Å²) in [6.45, 7) is 5.87. The zero-order chi connectivity index (χ0) is 12.7. The molecular formula is C14H23FN2. The molecule has 3 heteroatoms. The zero-order valence-corrected chi connectivity index (χ0v) is 10.8. The van der Waals surface area contributed by atoms with Crippen LogP contribution < -0.4 is 10.6 Å². The molecule has 1 rings (SSSR count). The van der Waals surface area contributed by atoms with E-state index in [1.165, 1.54) is 12.5 Å². The van der Waals surface area contributed by atoms with E-state index >= 15 is 0 Å². The molecule has 0 bridgehead atoms. The van der Waals surface area contributed by atoms with Gasteiger partial charge in [-0.25, -0.2) is 4.39 Å². The van der Waals surface area contributed by atoms with E-state index in [2.05, 4.69) is 18.7 Å². The summed E-state index contributed by atoms with van der Waals surface area (Å²) in [6, 6.07) is 6.87. The molecule has 0 aliphatic heterocycles. The Hall–Kier alpha value is -1.09. The van der Waals surface area contributed by atoms with Crippen molar-refractivity contribution in [1.82, 2.24) is 0 Å². The predicted molar refractivity (Wildman–Crippen MR) is 71.8 cm³/mol. The fourth-order valence-electron chi connectivity index (χ4n) is 1.93. The lowest BCUT2D eigenvalue weighted by Crippen LogP contribution is -2.37. The van der Waals surface area contributed by atoms with Crippen LogP contribution in [0.3, 0.4) is 0 Å². The number of rotatable bonds is 7. The Kier molecular flexibility index (Phi) is 5.98. The third-order valence-electron chi connectivity index (χ3n) is 2.94. The van der Waals surface area contributed by atoms with Crippen LogP contribution in [0, 0.1) is 5.82 Å². The highest BCUT2D eigenvalue weighted by Crippen LogP contribution is 2.16. The number of unbranched alkanes of at least 4 members (excludes halogenated alkanes) is 1. The first-order chi connectivity index (χ1) is 8.17. The van der Waals surface area contributed by atoms with Crippen LogP contribution in [0.1, 0.15) is 33.1 Å². The van der Waals surface area contributed by atoms with Crippen molar-refractivity contribution < 1.29 is 4.39 Å². The Labute approximate surface area is 104 Å². The van der Waals surface area contributed by atoms with E-state index in [0.717, 1.165) is 31.6 Å². The molecular weight excluding hydrogens is 215 g/mol. The maximum atomic E-state index is 13.1. The van der Waals surface area contributed by atoms with E-state index in [1.807, 2.05) is 6.07 Å². The molecule has 0 heterocycles. The van der Waals surface area contributed by atoms with Gasteiger partial charge >= 0.3 is 0 Å². The van der Waals surface area contributed by atoms with Gasteiger partial charge in [0.25, 0.3) is 0 Å². The normalized spacial score (nSPS) is 12.5. The molecule has 0 amide bonds. The number of hydrogen-bond donors (Lipinski definition) is 1. The van der Waals surface area contributed by atoms with E-state index in [1.54, 1.807) is 12.1 Å². The van der Waals surface area contributed by atoms with Gasteiger partial charge in [0, 0.05) is 24.8 Å². The molecule has 17 heavy (non-hydrogen) atoms. The van der Waals surface area contributed by atoms with Crippen molar-refractivity contribution in [2.75, 3.05) is 18.0 Å². The lowest BCUT2D eigenvalue weighted by molar-refractivity contribution is 0.562. The molecule has 2 nitrogen and oxygen atoms in total. The van der Waals surface area contributed by atoms with Gasteiger partial charge in [-0.3, -0.25) is 0 Å². The van der Waals surface area contributed by atoms with Crippen molar-refractivity contribution in [1.29, 1.82) is 0 Å². The summed E-state index contributed by atoms with van der Waals surface area (Å²) < 4.78 is 13.1. The molecule has 0 aromatic heterocycles. The number of anilines is 1. The molecule has 0 spiro atoms. The molecule has 0 fully saturated rings. The van der Waals surface area contributed by atoms with Gasteiger partial charge in [-0.15, -0.1) is 0 Å². The molecule has 0 saturated carbocycles. The molecule has 0 aliphatic carbocycles. The van der Waals surface area contributed by atoms with Gasteiger partial charge in [0.15, 0.2) is 0 Å². The van der Waals surface area contributed by atoms with E-state index < -0.39 is 0 Å². The Bertz CT molecular complexity index is 328. The van der Waals surface area contributed by atoms with Gasteiger partial charge in [-0.05, 0) is 31.5 Å². The van der Waals surface area contributed by atoms with Crippen LogP contribution in [-0.4, -0.2) is 19.1 Å². The van der Waals surface area contributed by atoms with E-state index in [0.29, 0.717) is 0 Å². The van der Waals surface area contributed by atoms with Gasteiger partial charge in [0.1, 0.15) is 5.82 Å². The Morgan fingerprint density at radius 1 is 1.35 bits per heavy atom. The Morgan fingerprint density at radius 2 is 2.12 bits per heavy atom. The SMILES string of the molecule is CCCCC(N)CN(CC)c1cccc(F)c1. The second-order valence-corrected chi connectivity index (χ2v) is 4.42. The van der Waals surface area contributed by atoms with Crippen molar-refractivity contribution in [2.45, 2.75) is 39.2 Å². The molecule has 1 unspecified atom stereocenters. The third kappa shape index (κ3) is 4.73. The van der Waals surface area contributed by atoms with Crippen LogP contribution in [0.4, 0.5) is 10.1 Å². The predicted octanol–water partition coefficient (Wildman–Crippen LogP) is 3.17. The number of nitrogens with two attached hydrogens (primary N) is 1. The van der Waals surface area contributed by atoms with Crippen LogP contribution >= 0.6 is 0 Å². The average molecular weight is 238 g/mol. The second-order valence-electron chi connectivity index (χ2n) is 4.42. The van der Waals surface area contributed by atoms with Crippen molar-refractivity contribution in [3.8, 4) is 0 Å². The van der Waals surface area contributed by atoms with Crippen molar-refractivity contribution in [3.05, 3.63) is 30.1 Å². The summed E-state index contributed by atoms with van der Waals surface area (Å²) in [4.78, 5) is 2.13. The lowest BCUT2D eigenvalue weighted by atomic mass is 10.1. The molecule has 1 atom stereocenters. The summed E-state index contributed by atoms with van der Waals surface area (Å²) >= 11 is 0. The van der Waals surface area contributed by atoms with Crippen LogP contribution in [0.5, 0.6) is 0 Å². The quantitative estimate of drug-likeness (QED) is 0.790. The van der Waals surface area contributed by atoms with Gasteiger partial charge in [-0.1, -0.05) is 25.8 Å². The summed E-state index contributed by atoms with van der Waals surface area (Å²) in [5.41, 5.74) is 6.99. The fourth-order valence-corrected chi connectivity index (χ4v) is 1.93. The lowest BCUT2D eigenvalue weighted by Gasteiger charge is -2.26. The Balaban J connectivity index is 2.59. The molecule has 96 valence electrons. The number of hydrogen-bond acceptors (Lipinski definition) is 2. The average Bonchev–Trinajstić information content (AvgIpc) is 2.33. The number of nitrogens with zero attached hydrogens (tertiary/aromatic N) is 1. The highest BCUT2D eigenvalue weighted by molar-refractivity contribution is 5.46. The van der Waals surface area contributed by atoms with E-state index in [-0.39, 0.29) is 11.9 Å². The van der Waals surface area contributed by atoms with Crippen molar-refractivity contribution in [3.63, 3.8) is 0 Å². The first-order valence-electron chi connectivity index (χ1n) is 6.43. The minimum Gasteiger partial charge on any atom is -0.370 e. The monoisotopic (exact) mass is 238 g/mol. The standard InChI is InChI=1S/C14H23FN2/c1-3-5-8-13(16)11-17(4-2)14-9-6-7-12(15)10-14/h6-7,9-10,13H,3-5,8,11,16H2,1-2H3. The highest BCUT2D eigenvalue weighted by atomic mass is 19.1. The molecule has 0 aliphatic rings. The van der Waals surface area contributed by atoms with Gasteiger partial charge < -0.3 is 10.6 Å². The number of benzene rings is 1. The van der Waals surface area contributed by atoms with Gasteiger partial charge in [0.2, 0.25) is 0 Å². The highest BCUT2D eigenvalue weighted by Gasteiger charge is 2.10. The van der Waals surface area contributed by atoms with Crippen molar-refractivity contribution >= 4 is 5.69 Å².